The Kier molecular flexibility index (Phi) is 3.99. The highest BCUT2D eigenvalue weighted by atomic mass is 19.1. The zero-order chi connectivity index (χ0) is 13.0. The maximum absolute atomic E-state index is 13.0. The monoisotopic (exact) mass is 248 g/mol. The molecule has 1 heterocycles. The van der Waals surface area contributed by atoms with Crippen molar-refractivity contribution < 1.29 is 8.78 Å². The van der Waals surface area contributed by atoms with Gasteiger partial charge < -0.3 is 5.32 Å². The Morgan fingerprint density at radius 3 is 2.56 bits per heavy atom. The van der Waals surface area contributed by atoms with Crippen molar-refractivity contribution in [3.8, 4) is 0 Å². The first kappa shape index (κ1) is 12.6. The van der Waals surface area contributed by atoms with E-state index in [1.807, 2.05) is 19.1 Å². The molecule has 0 saturated heterocycles. The van der Waals surface area contributed by atoms with Crippen molar-refractivity contribution in [3.05, 3.63) is 65.5 Å². The first-order valence-electron chi connectivity index (χ1n) is 5.73. The fourth-order valence-corrected chi connectivity index (χ4v) is 1.73. The molecule has 18 heavy (non-hydrogen) atoms. The van der Waals surface area contributed by atoms with Crippen molar-refractivity contribution >= 4 is 0 Å². The highest BCUT2D eigenvalue weighted by molar-refractivity contribution is 5.19. The Labute approximate surface area is 105 Å². The number of pyridine rings is 1. The second-order valence-electron chi connectivity index (χ2n) is 4.17. The van der Waals surface area contributed by atoms with Gasteiger partial charge in [-0.3, -0.25) is 4.98 Å². The second kappa shape index (κ2) is 5.69. The van der Waals surface area contributed by atoms with Crippen LogP contribution in [-0.4, -0.2) is 4.98 Å². The highest BCUT2D eigenvalue weighted by Gasteiger charge is 2.06. The minimum absolute atomic E-state index is 0.0741. The summed E-state index contributed by atoms with van der Waals surface area (Å²) in [7, 11) is 0. The Morgan fingerprint density at radius 2 is 1.94 bits per heavy atom. The summed E-state index contributed by atoms with van der Waals surface area (Å²) in [6, 6.07) is 7.41. The molecule has 0 aliphatic carbocycles. The topological polar surface area (TPSA) is 24.9 Å². The molecule has 0 bridgehead atoms. The molecule has 0 aliphatic heterocycles. The molecule has 1 aromatic heterocycles. The molecule has 94 valence electrons. The van der Waals surface area contributed by atoms with E-state index in [2.05, 4.69) is 10.3 Å². The number of hydrogen-bond donors (Lipinski definition) is 1. The molecule has 0 radical (unpaired) electrons. The van der Waals surface area contributed by atoms with Gasteiger partial charge in [-0.05, 0) is 36.2 Å². The lowest BCUT2D eigenvalue weighted by molar-refractivity contribution is 0.553. The van der Waals surface area contributed by atoms with Gasteiger partial charge in [0.15, 0.2) is 0 Å². The predicted molar refractivity (Wildman–Crippen MR) is 65.8 cm³/mol. The average Bonchev–Trinajstić information content (AvgIpc) is 2.36. The number of nitrogens with one attached hydrogen (secondary N) is 1. The van der Waals surface area contributed by atoms with Gasteiger partial charge in [0.05, 0.1) is 0 Å². The second-order valence-corrected chi connectivity index (χ2v) is 4.17. The number of hydrogen-bond acceptors (Lipinski definition) is 2. The Bertz CT molecular complexity index is 494. The SMILES string of the molecule is C[C@H](NCc1cc(F)cc(F)c1)c1cccnc1. The van der Waals surface area contributed by atoms with Crippen LogP contribution in [0.15, 0.2) is 42.7 Å². The summed E-state index contributed by atoms with van der Waals surface area (Å²) in [5.41, 5.74) is 1.62. The van der Waals surface area contributed by atoms with E-state index >= 15 is 0 Å². The highest BCUT2D eigenvalue weighted by Crippen LogP contribution is 2.12. The lowest BCUT2D eigenvalue weighted by Gasteiger charge is -2.13. The van der Waals surface area contributed by atoms with Crippen molar-refractivity contribution in [2.75, 3.05) is 0 Å². The van der Waals surface area contributed by atoms with Crippen molar-refractivity contribution in [2.45, 2.75) is 19.5 Å². The van der Waals surface area contributed by atoms with Crippen LogP contribution in [0.2, 0.25) is 0 Å². The van der Waals surface area contributed by atoms with Crippen LogP contribution < -0.4 is 5.32 Å². The third-order valence-corrected chi connectivity index (χ3v) is 2.72. The van der Waals surface area contributed by atoms with Crippen molar-refractivity contribution in [2.24, 2.45) is 0 Å². The Hall–Kier alpha value is -1.81. The van der Waals surface area contributed by atoms with E-state index in [1.54, 1.807) is 12.4 Å². The molecule has 2 nitrogen and oxygen atoms in total. The molecular formula is C14H14F2N2. The van der Waals surface area contributed by atoms with Gasteiger partial charge in [0.1, 0.15) is 11.6 Å². The standard InChI is InChI=1S/C14H14F2N2/c1-10(12-3-2-4-17-9-12)18-8-11-5-13(15)7-14(16)6-11/h2-7,9-10,18H,8H2,1H3/t10-/m0/s1. The molecule has 0 amide bonds. The zero-order valence-corrected chi connectivity index (χ0v) is 10.0. The van der Waals surface area contributed by atoms with Gasteiger partial charge in [-0.25, -0.2) is 8.78 Å². The molecular weight excluding hydrogens is 234 g/mol. The molecule has 1 N–H and O–H groups in total. The van der Waals surface area contributed by atoms with Gasteiger partial charge in [0.25, 0.3) is 0 Å². The minimum atomic E-state index is -0.555. The molecule has 0 spiro atoms. The van der Waals surface area contributed by atoms with Crippen LogP contribution in [0.1, 0.15) is 24.1 Å². The van der Waals surface area contributed by atoms with Gasteiger partial charge in [-0.15, -0.1) is 0 Å². The first-order valence-corrected chi connectivity index (χ1v) is 5.73. The van der Waals surface area contributed by atoms with Crippen LogP contribution in [0.4, 0.5) is 8.78 Å². The predicted octanol–water partition coefficient (Wildman–Crippen LogP) is 3.21. The van der Waals surface area contributed by atoms with Gasteiger partial charge in [0, 0.05) is 31.0 Å². The van der Waals surface area contributed by atoms with Crippen LogP contribution in [-0.2, 0) is 6.54 Å². The molecule has 2 rings (SSSR count). The Balaban J connectivity index is 1.99. The van der Waals surface area contributed by atoms with Crippen LogP contribution in [0.5, 0.6) is 0 Å². The van der Waals surface area contributed by atoms with E-state index in [1.165, 1.54) is 12.1 Å². The summed E-state index contributed by atoms with van der Waals surface area (Å²) in [6.45, 7) is 2.39. The fraction of sp³-hybridized carbons (Fsp3) is 0.214. The summed E-state index contributed by atoms with van der Waals surface area (Å²) < 4.78 is 26.0. The van der Waals surface area contributed by atoms with Crippen LogP contribution in [0.3, 0.4) is 0 Å². The molecule has 0 aliphatic rings. The normalized spacial score (nSPS) is 12.4. The van der Waals surface area contributed by atoms with E-state index in [9.17, 15) is 8.78 Å². The van der Waals surface area contributed by atoms with E-state index in [4.69, 9.17) is 0 Å². The van der Waals surface area contributed by atoms with E-state index in [0.717, 1.165) is 11.6 Å². The summed E-state index contributed by atoms with van der Waals surface area (Å²) in [5.74, 6) is -1.11. The van der Waals surface area contributed by atoms with Crippen LogP contribution in [0.25, 0.3) is 0 Å². The lowest BCUT2D eigenvalue weighted by Crippen LogP contribution is -2.18. The van der Waals surface area contributed by atoms with Crippen LogP contribution >= 0.6 is 0 Å². The van der Waals surface area contributed by atoms with Gasteiger partial charge in [-0.2, -0.15) is 0 Å². The molecule has 1 aromatic carbocycles. The lowest BCUT2D eigenvalue weighted by atomic mass is 10.1. The Morgan fingerprint density at radius 1 is 1.22 bits per heavy atom. The molecule has 2 aromatic rings. The third kappa shape index (κ3) is 3.34. The minimum Gasteiger partial charge on any atom is -0.306 e. The number of nitrogens with zero attached hydrogens (tertiary/aromatic N) is 1. The molecule has 1 atom stereocenters. The van der Waals surface area contributed by atoms with Crippen LogP contribution in [0, 0.1) is 11.6 Å². The smallest absolute Gasteiger partial charge is 0.126 e. The molecule has 4 heteroatoms. The summed E-state index contributed by atoms with van der Waals surface area (Å²) >= 11 is 0. The number of rotatable bonds is 4. The van der Waals surface area contributed by atoms with E-state index in [-0.39, 0.29) is 6.04 Å². The van der Waals surface area contributed by atoms with Crippen molar-refractivity contribution in [1.29, 1.82) is 0 Å². The van der Waals surface area contributed by atoms with Crippen molar-refractivity contribution in [1.82, 2.24) is 10.3 Å². The summed E-state index contributed by atoms with van der Waals surface area (Å²) in [5, 5.41) is 3.20. The van der Waals surface area contributed by atoms with Crippen molar-refractivity contribution in [3.63, 3.8) is 0 Å². The summed E-state index contributed by atoms with van der Waals surface area (Å²) in [6.07, 6.45) is 3.47. The third-order valence-electron chi connectivity index (χ3n) is 2.72. The molecule has 0 unspecified atom stereocenters. The zero-order valence-electron chi connectivity index (χ0n) is 10.0. The maximum Gasteiger partial charge on any atom is 0.126 e. The van der Waals surface area contributed by atoms with E-state index in [0.29, 0.717) is 12.1 Å². The number of aromatic nitrogens is 1. The van der Waals surface area contributed by atoms with E-state index < -0.39 is 11.6 Å². The quantitative estimate of drug-likeness (QED) is 0.898. The average molecular weight is 248 g/mol. The summed E-state index contributed by atoms with van der Waals surface area (Å²) in [4.78, 5) is 4.03. The van der Waals surface area contributed by atoms with Gasteiger partial charge in [-0.1, -0.05) is 6.07 Å². The maximum atomic E-state index is 13.0. The number of halogens is 2. The number of benzene rings is 1. The molecule has 0 fully saturated rings. The largest absolute Gasteiger partial charge is 0.306 e. The molecule has 0 saturated carbocycles. The first-order chi connectivity index (χ1) is 8.65. The van der Waals surface area contributed by atoms with Gasteiger partial charge >= 0.3 is 0 Å². The fourth-order valence-electron chi connectivity index (χ4n) is 1.73. The van der Waals surface area contributed by atoms with Gasteiger partial charge in [0.2, 0.25) is 0 Å².